The highest BCUT2D eigenvalue weighted by Crippen LogP contribution is 2.35. The Morgan fingerprint density at radius 3 is 2.55 bits per heavy atom. The Labute approximate surface area is 127 Å². The fourth-order valence-corrected chi connectivity index (χ4v) is 3.11. The molecule has 1 unspecified atom stereocenters. The third-order valence-electron chi connectivity index (χ3n) is 4.46. The first-order chi connectivity index (χ1) is 10.4. The number of imide groups is 2. The van der Waals surface area contributed by atoms with E-state index in [9.17, 15) is 19.2 Å². The van der Waals surface area contributed by atoms with Gasteiger partial charge in [0.15, 0.2) is 0 Å². The van der Waals surface area contributed by atoms with E-state index in [-0.39, 0.29) is 18.7 Å². The van der Waals surface area contributed by atoms with Crippen LogP contribution in [0, 0.1) is 0 Å². The van der Waals surface area contributed by atoms with Crippen molar-refractivity contribution >= 4 is 23.6 Å². The summed E-state index contributed by atoms with van der Waals surface area (Å²) in [6.07, 6.45) is 0.873. The van der Waals surface area contributed by atoms with Gasteiger partial charge in [-0.25, -0.2) is 0 Å². The van der Waals surface area contributed by atoms with Crippen LogP contribution in [0.1, 0.15) is 53.0 Å². The van der Waals surface area contributed by atoms with Crippen molar-refractivity contribution in [3.8, 4) is 0 Å². The zero-order valence-corrected chi connectivity index (χ0v) is 12.4. The number of rotatable bonds is 2. The molecule has 1 atom stereocenters. The summed E-state index contributed by atoms with van der Waals surface area (Å²) in [5.41, 5.74) is 0.164. The maximum Gasteiger partial charge on any atom is 0.262 e. The van der Waals surface area contributed by atoms with Crippen molar-refractivity contribution in [2.24, 2.45) is 0 Å². The fourth-order valence-electron chi connectivity index (χ4n) is 3.11. The van der Waals surface area contributed by atoms with Gasteiger partial charge in [0.25, 0.3) is 17.7 Å². The molecule has 3 rings (SSSR count). The van der Waals surface area contributed by atoms with Crippen LogP contribution in [0.3, 0.4) is 0 Å². The molecule has 0 spiro atoms. The lowest BCUT2D eigenvalue weighted by atomic mass is 9.89. The number of aryl methyl sites for hydroxylation is 1. The summed E-state index contributed by atoms with van der Waals surface area (Å²) < 4.78 is 0. The molecule has 0 aliphatic carbocycles. The number of amides is 4. The summed E-state index contributed by atoms with van der Waals surface area (Å²) in [5.74, 6) is -1.91. The van der Waals surface area contributed by atoms with Gasteiger partial charge in [-0.05, 0) is 31.4 Å². The van der Waals surface area contributed by atoms with E-state index < -0.39 is 23.3 Å². The van der Waals surface area contributed by atoms with Crippen molar-refractivity contribution in [2.45, 2.75) is 38.6 Å². The first kappa shape index (κ1) is 14.4. The standard InChI is InChI=1S/C16H16N2O4/c1-3-9-5-4-6-10-12(9)14(21)18(13(10)20)16(2)8-7-11(19)17-15(16)22/h4-6H,3,7-8H2,1-2H3,(H,17,19,22). The molecule has 22 heavy (non-hydrogen) atoms. The maximum atomic E-state index is 12.8. The molecule has 114 valence electrons. The molecule has 0 bridgehead atoms. The van der Waals surface area contributed by atoms with Crippen molar-refractivity contribution in [1.29, 1.82) is 0 Å². The zero-order chi connectivity index (χ0) is 16.1. The summed E-state index contributed by atoms with van der Waals surface area (Å²) in [5, 5.41) is 2.22. The lowest BCUT2D eigenvalue weighted by Crippen LogP contribution is -2.62. The quantitative estimate of drug-likeness (QED) is 0.827. The predicted molar refractivity (Wildman–Crippen MR) is 77.1 cm³/mol. The van der Waals surface area contributed by atoms with Gasteiger partial charge in [0, 0.05) is 6.42 Å². The largest absolute Gasteiger partial charge is 0.294 e. The second-order valence-corrected chi connectivity index (χ2v) is 5.79. The molecule has 1 aromatic carbocycles. The highest BCUT2D eigenvalue weighted by molar-refractivity contribution is 6.24. The van der Waals surface area contributed by atoms with Crippen LogP contribution in [-0.2, 0) is 16.0 Å². The van der Waals surface area contributed by atoms with Crippen molar-refractivity contribution in [3.05, 3.63) is 34.9 Å². The zero-order valence-electron chi connectivity index (χ0n) is 12.4. The number of nitrogens with one attached hydrogen (secondary N) is 1. The lowest BCUT2D eigenvalue weighted by molar-refractivity contribution is -0.140. The Balaban J connectivity index is 2.08. The van der Waals surface area contributed by atoms with Gasteiger partial charge in [-0.1, -0.05) is 19.1 Å². The first-order valence-corrected chi connectivity index (χ1v) is 7.25. The number of hydrogen-bond acceptors (Lipinski definition) is 4. The van der Waals surface area contributed by atoms with Gasteiger partial charge in [0.05, 0.1) is 11.1 Å². The molecule has 4 amide bonds. The minimum absolute atomic E-state index is 0.107. The molecular weight excluding hydrogens is 284 g/mol. The van der Waals surface area contributed by atoms with Gasteiger partial charge in [0.2, 0.25) is 5.91 Å². The number of carbonyl (C=O) groups is 4. The molecule has 6 heteroatoms. The average molecular weight is 300 g/mol. The monoisotopic (exact) mass is 300 g/mol. The maximum absolute atomic E-state index is 12.8. The van der Waals surface area contributed by atoms with Crippen molar-refractivity contribution < 1.29 is 19.2 Å². The van der Waals surface area contributed by atoms with Crippen LogP contribution >= 0.6 is 0 Å². The van der Waals surface area contributed by atoms with Crippen LogP contribution < -0.4 is 5.32 Å². The summed E-state index contributed by atoms with van der Waals surface area (Å²) in [6.45, 7) is 3.44. The van der Waals surface area contributed by atoms with Crippen LogP contribution in [0.2, 0.25) is 0 Å². The molecule has 1 aromatic rings. The van der Waals surface area contributed by atoms with Gasteiger partial charge in [-0.3, -0.25) is 29.4 Å². The summed E-state index contributed by atoms with van der Waals surface area (Å²) in [4.78, 5) is 50.0. The van der Waals surface area contributed by atoms with Crippen LogP contribution in [0.4, 0.5) is 0 Å². The van der Waals surface area contributed by atoms with Crippen molar-refractivity contribution in [3.63, 3.8) is 0 Å². The number of piperidine rings is 1. The third-order valence-corrected chi connectivity index (χ3v) is 4.46. The number of benzene rings is 1. The van der Waals surface area contributed by atoms with Crippen LogP contribution in [0.15, 0.2) is 18.2 Å². The first-order valence-electron chi connectivity index (χ1n) is 7.25. The number of nitrogens with zero attached hydrogens (tertiary/aromatic N) is 1. The molecule has 6 nitrogen and oxygen atoms in total. The molecule has 0 aromatic heterocycles. The number of hydrogen-bond donors (Lipinski definition) is 1. The highest BCUT2D eigenvalue weighted by Gasteiger charge is 2.52. The molecule has 0 radical (unpaired) electrons. The summed E-state index contributed by atoms with van der Waals surface area (Å²) in [7, 11) is 0. The third kappa shape index (κ3) is 1.80. The van der Waals surface area contributed by atoms with E-state index in [1.807, 2.05) is 6.92 Å². The van der Waals surface area contributed by atoms with Gasteiger partial charge < -0.3 is 0 Å². The van der Waals surface area contributed by atoms with Crippen molar-refractivity contribution in [2.75, 3.05) is 0 Å². The van der Waals surface area contributed by atoms with E-state index in [0.29, 0.717) is 17.5 Å². The fraction of sp³-hybridized carbons (Fsp3) is 0.375. The van der Waals surface area contributed by atoms with E-state index in [1.54, 1.807) is 18.2 Å². The molecule has 2 aliphatic heterocycles. The summed E-state index contributed by atoms with van der Waals surface area (Å²) in [6, 6.07) is 5.14. The number of fused-ring (bicyclic) bond motifs is 1. The van der Waals surface area contributed by atoms with E-state index >= 15 is 0 Å². The van der Waals surface area contributed by atoms with E-state index in [4.69, 9.17) is 0 Å². The molecule has 2 heterocycles. The van der Waals surface area contributed by atoms with Crippen LogP contribution in [0.25, 0.3) is 0 Å². The SMILES string of the molecule is CCc1cccc2c1C(=O)N(C1(C)CCC(=O)NC1=O)C2=O. The minimum Gasteiger partial charge on any atom is -0.294 e. The molecule has 1 N–H and O–H groups in total. The van der Waals surface area contributed by atoms with Gasteiger partial charge in [0.1, 0.15) is 5.54 Å². The van der Waals surface area contributed by atoms with Crippen molar-refractivity contribution in [1.82, 2.24) is 10.2 Å². The Kier molecular flexibility index (Phi) is 3.12. The molecular formula is C16H16N2O4. The predicted octanol–water partition coefficient (Wildman–Crippen LogP) is 1.04. The van der Waals surface area contributed by atoms with Crippen LogP contribution in [0.5, 0.6) is 0 Å². The molecule has 2 aliphatic rings. The van der Waals surface area contributed by atoms with Crippen LogP contribution in [-0.4, -0.2) is 34.1 Å². The average Bonchev–Trinajstić information content (AvgIpc) is 2.76. The molecule has 1 saturated heterocycles. The lowest BCUT2D eigenvalue weighted by Gasteiger charge is -2.38. The highest BCUT2D eigenvalue weighted by atomic mass is 16.2. The van der Waals surface area contributed by atoms with Gasteiger partial charge in [-0.2, -0.15) is 0 Å². The van der Waals surface area contributed by atoms with Gasteiger partial charge >= 0.3 is 0 Å². The Bertz CT molecular complexity index is 725. The van der Waals surface area contributed by atoms with E-state index in [0.717, 1.165) is 10.5 Å². The Morgan fingerprint density at radius 2 is 1.91 bits per heavy atom. The second kappa shape index (κ2) is 4.76. The number of carbonyl (C=O) groups excluding carboxylic acids is 4. The topological polar surface area (TPSA) is 83.6 Å². The van der Waals surface area contributed by atoms with E-state index in [2.05, 4.69) is 5.32 Å². The van der Waals surface area contributed by atoms with Gasteiger partial charge in [-0.15, -0.1) is 0 Å². The molecule has 0 saturated carbocycles. The smallest absolute Gasteiger partial charge is 0.262 e. The Hall–Kier alpha value is -2.50. The summed E-state index contributed by atoms with van der Waals surface area (Å²) >= 11 is 0. The minimum atomic E-state index is -1.33. The van der Waals surface area contributed by atoms with E-state index in [1.165, 1.54) is 6.92 Å². The molecule has 1 fully saturated rings. The Morgan fingerprint density at radius 1 is 1.18 bits per heavy atom. The second-order valence-electron chi connectivity index (χ2n) is 5.79. The normalized spacial score (nSPS) is 24.5.